The van der Waals surface area contributed by atoms with Crippen molar-refractivity contribution in [1.29, 1.82) is 0 Å². The second-order valence-corrected chi connectivity index (χ2v) is 2.68. The van der Waals surface area contributed by atoms with Crippen LogP contribution in [0.1, 0.15) is 15.9 Å². The molecule has 0 aliphatic carbocycles. The summed E-state index contributed by atoms with van der Waals surface area (Å²) in [6.45, 7) is 0. The zero-order chi connectivity index (χ0) is 8.81. The maximum absolute atomic E-state index is 10.3. The van der Waals surface area contributed by atoms with Gasteiger partial charge in [0, 0.05) is 11.1 Å². The number of benzene rings is 1. The van der Waals surface area contributed by atoms with Crippen LogP contribution in [0, 0.1) is 0 Å². The maximum Gasteiger partial charge on any atom is 0.150 e. The van der Waals surface area contributed by atoms with Crippen LogP contribution in [0.15, 0.2) is 35.9 Å². The molecule has 12 heavy (non-hydrogen) atoms. The summed E-state index contributed by atoms with van der Waals surface area (Å²) in [5.74, 6) is 0. The van der Waals surface area contributed by atoms with Gasteiger partial charge in [-0.1, -0.05) is 41.9 Å². The fourth-order valence-corrected chi connectivity index (χ4v) is 1.00. The summed E-state index contributed by atoms with van der Waals surface area (Å²) >= 11 is 5.37. The van der Waals surface area contributed by atoms with E-state index >= 15 is 0 Å². The van der Waals surface area contributed by atoms with E-state index in [4.69, 9.17) is 11.6 Å². The lowest BCUT2D eigenvalue weighted by Gasteiger charge is -1.95. The van der Waals surface area contributed by atoms with Gasteiger partial charge in [0.15, 0.2) is 0 Å². The van der Waals surface area contributed by atoms with E-state index < -0.39 is 0 Å². The zero-order valence-electron chi connectivity index (χ0n) is 6.53. The number of halogens is 1. The van der Waals surface area contributed by atoms with Crippen molar-refractivity contribution in [2.24, 2.45) is 0 Å². The fraction of sp³-hybridized carbons (Fsp3) is 0.100. The summed E-state index contributed by atoms with van der Waals surface area (Å²) in [5, 5.41) is 0. The van der Waals surface area contributed by atoms with Crippen LogP contribution in [0.2, 0.25) is 0 Å². The highest BCUT2D eigenvalue weighted by molar-refractivity contribution is 6.25. The quantitative estimate of drug-likeness (QED) is 0.654. The van der Waals surface area contributed by atoms with Crippen LogP contribution in [0.3, 0.4) is 0 Å². The molecule has 0 N–H and O–H groups in total. The number of hydrogen-bond acceptors (Lipinski definition) is 1. The van der Waals surface area contributed by atoms with Gasteiger partial charge in [-0.2, -0.15) is 0 Å². The molecule has 0 unspecified atom stereocenters. The number of hydrogen-bond donors (Lipinski definition) is 0. The van der Waals surface area contributed by atoms with Crippen LogP contribution < -0.4 is 0 Å². The van der Waals surface area contributed by atoms with E-state index in [1.807, 2.05) is 18.2 Å². The lowest BCUT2D eigenvalue weighted by atomic mass is 10.1. The predicted octanol–water partition coefficient (Wildman–Crippen LogP) is 2.79. The molecule has 1 rings (SSSR count). The third-order valence-corrected chi connectivity index (χ3v) is 1.74. The van der Waals surface area contributed by atoms with Gasteiger partial charge in [-0.3, -0.25) is 4.79 Å². The van der Waals surface area contributed by atoms with Gasteiger partial charge in [0.2, 0.25) is 0 Å². The van der Waals surface area contributed by atoms with E-state index in [0.29, 0.717) is 5.56 Å². The highest BCUT2D eigenvalue weighted by Gasteiger charge is 1.90. The molecule has 0 spiro atoms. The van der Waals surface area contributed by atoms with E-state index in [1.54, 1.807) is 12.1 Å². The summed E-state index contributed by atoms with van der Waals surface area (Å²) in [6, 6.07) is 7.43. The van der Waals surface area contributed by atoms with E-state index in [9.17, 15) is 4.79 Å². The Morgan fingerprint density at radius 2 is 1.92 bits per heavy atom. The molecular weight excluding hydrogens is 172 g/mol. The molecule has 0 radical (unpaired) electrons. The Morgan fingerprint density at radius 3 is 2.42 bits per heavy atom. The molecule has 1 aromatic carbocycles. The zero-order valence-corrected chi connectivity index (χ0v) is 7.29. The highest BCUT2D eigenvalue weighted by Crippen LogP contribution is 2.03. The third-order valence-electron chi connectivity index (χ3n) is 1.56. The monoisotopic (exact) mass is 180 g/mol. The minimum Gasteiger partial charge on any atom is -0.298 e. The van der Waals surface area contributed by atoms with Crippen molar-refractivity contribution in [3.8, 4) is 0 Å². The first-order valence-corrected chi connectivity index (χ1v) is 4.10. The lowest BCUT2D eigenvalue weighted by molar-refractivity contribution is 0.112. The molecule has 0 fully saturated rings. The molecule has 62 valence electrons. The first-order valence-electron chi connectivity index (χ1n) is 3.66. The minimum absolute atomic E-state index is 0.702. The first kappa shape index (κ1) is 9.01. The number of allylic oxidation sites excluding steroid dienone is 1. The van der Waals surface area contributed by atoms with Crippen molar-refractivity contribution in [2.45, 2.75) is 6.42 Å². The molecule has 0 aliphatic rings. The number of rotatable bonds is 3. The minimum atomic E-state index is 0.702. The molecule has 0 amide bonds. The smallest absolute Gasteiger partial charge is 0.150 e. The summed E-state index contributed by atoms with van der Waals surface area (Å²) < 4.78 is 0. The number of carbonyl (C=O) groups excluding carboxylic acids is 1. The molecule has 0 aromatic heterocycles. The standard InChI is InChI=1S/C10H9ClO/c11-7-1-2-9-3-5-10(8-12)6-4-9/h1,3-8H,2H2. The van der Waals surface area contributed by atoms with Crippen LogP contribution >= 0.6 is 11.6 Å². The second-order valence-electron chi connectivity index (χ2n) is 2.43. The average Bonchev–Trinajstić information content (AvgIpc) is 2.15. The summed E-state index contributed by atoms with van der Waals surface area (Å²) in [5.41, 5.74) is 3.35. The van der Waals surface area contributed by atoms with Crippen LogP contribution in [0.25, 0.3) is 0 Å². The Bertz CT molecular complexity index is 274. The molecule has 1 nitrogen and oxygen atoms in total. The largest absolute Gasteiger partial charge is 0.298 e. The predicted molar refractivity (Wildman–Crippen MR) is 50.5 cm³/mol. The molecular formula is C10H9ClO. The van der Waals surface area contributed by atoms with Gasteiger partial charge in [0.05, 0.1) is 0 Å². The molecule has 0 saturated heterocycles. The van der Waals surface area contributed by atoms with Crippen molar-refractivity contribution >= 4 is 17.9 Å². The molecule has 0 aliphatic heterocycles. The van der Waals surface area contributed by atoms with Crippen molar-refractivity contribution in [1.82, 2.24) is 0 Å². The second kappa shape index (κ2) is 4.73. The third kappa shape index (κ3) is 2.51. The van der Waals surface area contributed by atoms with Crippen molar-refractivity contribution in [2.75, 3.05) is 0 Å². The van der Waals surface area contributed by atoms with E-state index in [0.717, 1.165) is 18.3 Å². The topological polar surface area (TPSA) is 17.1 Å². The number of aldehydes is 1. The summed E-state index contributed by atoms with van der Waals surface area (Å²) in [4.78, 5) is 10.3. The average molecular weight is 181 g/mol. The molecule has 0 atom stereocenters. The Morgan fingerprint density at radius 1 is 1.25 bits per heavy atom. The number of carbonyl (C=O) groups is 1. The van der Waals surface area contributed by atoms with Crippen molar-refractivity contribution in [3.05, 3.63) is 47.0 Å². The van der Waals surface area contributed by atoms with Gasteiger partial charge >= 0.3 is 0 Å². The molecule has 0 heterocycles. The molecule has 1 aromatic rings. The van der Waals surface area contributed by atoms with Gasteiger partial charge in [-0.25, -0.2) is 0 Å². The van der Waals surface area contributed by atoms with Crippen LogP contribution in [0.4, 0.5) is 0 Å². The van der Waals surface area contributed by atoms with E-state index in [2.05, 4.69) is 0 Å². The first-order chi connectivity index (χ1) is 5.86. The van der Waals surface area contributed by atoms with Crippen LogP contribution in [0.5, 0.6) is 0 Å². The van der Waals surface area contributed by atoms with Crippen molar-refractivity contribution in [3.63, 3.8) is 0 Å². The Kier molecular flexibility index (Phi) is 3.55. The summed E-state index contributed by atoms with van der Waals surface area (Å²) in [6.07, 6.45) is 3.50. The van der Waals surface area contributed by atoms with Crippen LogP contribution in [-0.2, 0) is 6.42 Å². The molecule has 0 saturated carbocycles. The molecule has 2 heteroatoms. The van der Waals surface area contributed by atoms with Gasteiger partial charge in [-0.05, 0) is 12.0 Å². The van der Waals surface area contributed by atoms with E-state index in [-0.39, 0.29) is 0 Å². The maximum atomic E-state index is 10.3. The Labute approximate surface area is 76.7 Å². The van der Waals surface area contributed by atoms with Gasteiger partial charge < -0.3 is 0 Å². The SMILES string of the molecule is O=Cc1ccc(CC=CCl)cc1. The van der Waals surface area contributed by atoms with Crippen LogP contribution in [-0.4, -0.2) is 6.29 Å². The van der Waals surface area contributed by atoms with E-state index in [1.165, 1.54) is 5.54 Å². The molecule has 0 bridgehead atoms. The normalized spacial score (nSPS) is 10.4. The van der Waals surface area contributed by atoms with Gasteiger partial charge in [0.25, 0.3) is 0 Å². The lowest BCUT2D eigenvalue weighted by Crippen LogP contribution is -1.82. The highest BCUT2D eigenvalue weighted by atomic mass is 35.5. The Hall–Kier alpha value is -1.08. The fourth-order valence-electron chi connectivity index (χ4n) is 0.913. The summed E-state index contributed by atoms with van der Waals surface area (Å²) in [7, 11) is 0. The van der Waals surface area contributed by atoms with Gasteiger partial charge in [-0.15, -0.1) is 0 Å². The Balaban J connectivity index is 2.70. The van der Waals surface area contributed by atoms with Crippen molar-refractivity contribution < 1.29 is 4.79 Å². The van der Waals surface area contributed by atoms with Gasteiger partial charge in [0.1, 0.15) is 6.29 Å².